The second-order valence-electron chi connectivity index (χ2n) is 6.81. The summed E-state index contributed by atoms with van der Waals surface area (Å²) in [5.41, 5.74) is 0.848. The summed E-state index contributed by atoms with van der Waals surface area (Å²) in [6.07, 6.45) is 4.28. The zero-order valence-corrected chi connectivity index (χ0v) is 15.3. The van der Waals surface area contributed by atoms with Crippen molar-refractivity contribution in [3.8, 4) is 0 Å². The van der Waals surface area contributed by atoms with E-state index in [0.717, 1.165) is 31.2 Å². The second kappa shape index (κ2) is 9.54. The van der Waals surface area contributed by atoms with Gasteiger partial charge >= 0.3 is 0 Å². The van der Waals surface area contributed by atoms with E-state index < -0.39 is 0 Å². The Kier molecular flexibility index (Phi) is 7.41. The first-order chi connectivity index (χ1) is 12.0. The molecule has 0 aliphatic carbocycles. The molecule has 2 rings (SSSR count). The number of amides is 2. The van der Waals surface area contributed by atoms with Crippen molar-refractivity contribution in [3.63, 3.8) is 0 Å². The number of rotatable bonds is 7. The minimum absolute atomic E-state index is 0.0888. The molecule has 4 nitrogen and oxygen atoms in total. The van der Waals surface area contributed by atoms with Gasteiger partial charge in [0, 0.05) is 31.5 Å². The van der Waals surface area contributed by atoms with Crippen LogP contribution < -0.4 is 5.32 Å². The van der Waals surface area contributed by atoms with Crippen molar-refractivity contribution in [1.82, 2.24) is 10.2 Å². The van der Waals surface area contributed by atoms with Crippen LogP contribution in [0.5, 0.6) is 0 Å². The summed E-state index contributed by atoms with van der Waals surface area (Å²) in [6.45, 7) is 5.42. The summed E-state index contributed by atoms with van der Waals surface area (Å²) in [4.78, 5) is 26.3. The summed E-state index contributed by atoms with van der Waals surface area (Å²) < 4.78 is 13.2. The number of carbonyl (C=O) groups excluding carboxylic acids is 2. The first-order valence-electron chi connectivity index (χ1n) is 9.36. The molecule has 0 bridgehead atoms. The molecular weight excluding hydrogens is 319 g/mol. The summed E-state index contributed by atoms with van der Waals surface area (Å²) >= 11 is 0. The highest BCUT2D eigenvalue weighted by molar-refractivity contribution is 5.79. The Morgan fingerprint density at radius 2 is 1.92 bits per heavy atom. The molecule has 5 heteroatoms. The molecule has 0 atom stereocenters. The third kappa shape index (κ3) is 5.83. The molecule has 1 aliphatic rings. The first kappa shape index (κ1) is 19.4. The van der Waals surface area contributed by atoms with E-state index in [2.05, 4.69) is 5.32 Å². The smallest absolute Gasteiger partial charge is 0.223 e. The van der Waals surface area contributed by atoms with Crippen molar-refractivity contribution >= 4 is 11.8 Å². The second-order valence-corrected chi connectivity index (χ2v) is 6.81. The average Bonchev–Trinajstić information content (AvgIpc) is 2.61. The highest BCUT2D eigenvalue weighted by atomic mass is 19.1. The van der Waals surface area contributed by atoms with E-state index in [-0.39, 0.29) is 29.6 Å². The standard InChI is InChI=1S/C20H29FN2O2/c1-3-16(4-2)20(25)22-18-10-12-23(13-11-18)19(24)9-8-15-6-5-7-17(21)14-15/h5-7,14,16,18H,3-4,8-13H2,1-2H3,(H,22,25). The molecule has 1 saturated heterocycles. The number of carbonyl (C=O) groups is 2. The molecule has 1 heterocycles. The van der Waals surface area contributed by atoms with E-state index >= 15 is 0 Å². The molecule has 25 heavy (non-hydrogen) atoms. The summed E-state index contributed by atoms with van der Waals surface area (Å²) in [6, 6.07) is 6.57. The lowest BCUT2D eigenvalue weighted by molar-refractivity contribution is -0.132. The van der Waals surface area contributed by atoms with Crippen molar-refractivity contribution in [1.29, 1.82) is 0 Å². The van der Waals surface area contributed by atoms with Gasteiger partial charge in [0.05, 0.1) is 0 Å². The van der Waals surface area contributed by atoms with E-state index in [1.54, 1.807) is 6.07 Å². The summed E-state index contributed by atoms with van der Waals surface area (Å²) in [7, 11) is 0. The number of likely N-dealkylation sites (tertiary alicyclic amines) is 1. The van der Waals surface area contributed by atoms with Crippen LogP contribution in [-0.4, -0.2) is 35.8 Å². The Morgan fingerprint density at radius 1 is 1.24 bits per heavy atom. The summed E-state index contributed by atoms with van der Waals surface area (Å²) in [5, 5.41) is 3.13. The van der Waals surface area contributed by atoms with E-state index in [0.29, 0.717) is 25.9 Å². The fourth-order valence-electron chi connectivity index (χ4n) is 3.35. The first-order valence-corrected chi connectivity index (χ1v) is 9.36. The molecule has 1 N–H and O–H groups in total. The minimum Gasteiger partial charge on any atom is -0.353 e. The minimum atomic E-state index is -0.265. The molecule has 0 unspecified atom stereocenters. The number of aryl methyl sites for hydroxylation is 1. The molecule has 0 aromatic heterocycles. The van der Waals surface area contributed by atoms with Crippen molar-refractivity contribution in [3.05, 3.63) is 35.6 Å². The van der Waals surface area contributed by atoms with Crippen molar-refractivity contribution < 1.29 is 14.0 Å². The normalized spacial score (nSPS) is 15.4. The van der Waals surface area contributed by atoms with Gasteiger partial charge in [0.2, 0.25) is 11.8 Å². The van der Waals surface area contributed by atoms with Gasteiger partial charge in [0.15, 0.2) is 0 Å². The van der Waals surface area contributed by atoms with Gasteiger partial charge in [-0.25, -0.2) is 4.39 Å². The van der Waals surface area contributed by atoms with Crippen molar-refractivity contribution in [2.75, 3.05) is 13.1 Å². The van der Waals surface area contributed by atoms with Gasteiger partial charge in [-0.05, 0) is 49.8 Å². The van der Waals surface area contributed by atoms with E-state index in [1.807, 2.05) is 24.8 Å². The maximum Gasteiger partial charge on any atom is 0.223 e. The molecule has 1 aliphatic heterocycles. The van der Waals surface area contributed by atoms with Crippen LogP contribution in [0.2, 0.25) is 0 Å². The van der Waals surface area contributed by atoms with Crippen LogP contribution in [0.1, 0.15) is 51.5 Å². The molecular formula is C20H29FN2O2. The number of piperidine rings is 1. The molecule has 2 amide bonds. The fourth-order valence-corrected chi connectivity index (χ4v) is 3.35. The Morgan fingerprint density at radius 3 is 2.52 bits per heavy atom. The maximum atomic E-state index is 13.2. The van der Waals surface area contributed by atoms with E-state index in [9.17, 15) is 14.0 Å². The third-order valence-electron chi connectivity index (χ3n) is 5.07. The fraction of sp³-hybridized carbons (Fsp3) is 0.600. The monoisotopic (exact) mass is 348 g/mol. The van der Waals surface area contributed by atoms with Crippen molar-refractivity contribution in [2.45, 2.75) is 58.4 Å². The van der Waals surface area contributed by atoms with E-state index in [4.69, 9.17) is 0 Å². The quantitative estimate of drug-likeness (QED) is 0.822. The number of hydrogen-bond acceptors (Lipinski definition) is 2. The van der Waals surface area contributed by atoms with Crippen LogP contribution in [0.3, 0.4) is 0 Å². The highest BCUT2D eigenvalue weighted by Crippen LogP contribution is 2.15. The predicted molar refractivity (Wildman–Crippen MR) is 96.5 cm³/mol. The van der Waals surface area contributed by atoms with E-state index in [1.165, 1.54) is 12.1 Å². The van der Waals surface area contributed by atoms with Crippen LogP contribution in [0.4, 0.5) is 4.39 Å². The largest absolute Gasteiger partial charge is 0.353 e. The Hall–Kier alpha value is -1.91. The van der Waals surface area contributed by atoms with Gasteiger partial charge < -0.3 is 10.2 Å². The van der Waals surface area contributed by atoms with Crippen LogP contribution in [0.25, 0.3) is 0 Å². The molecule has 0 saturated carbocycles. The number of halogens is 1. The van der Waals surface area contributed by atoms with Gasteiger partial charge in [-0.1, -0.05) is 26.0 Å². The molecule has 1 fully saturated rings. The predicted octanol–water partition coefficient (Wildman–Crippen LogP) is 3.30. The molecule has 0 radical (unpaired) electrons. The van der Waals surface area contributed by atoms with Crippen LogP contribution in [-0.2, 0) is 16.0 Å². The topological polar surface area (TPSA) is 49.4 Å². The third-order valence-corrected chi connectivity index (χ3v) is 5.07. The number of nitrogens with one attached hydrogen (secondary N) is 1. The van der Waals surface area contributed by atoms with Crippen molar-refractivity contribution in [2.24, 2.45) is 5.92 Å². The number of hydrogen-bond donors (Lipinski definition) is 1. The SMILES string of the molecule is CCC(CC)C(=O)NC1CCN(C(=O)CCc2cccc(F)c2)CC1. The van der Waals surface area contributed by atoms with Crippen LogP contribution in [0.15, 0.2) is 24.3 Å². The maximum absolute atomic E-state index is 13.2. The Balaban J connectivity index is 1.74. The summed E-state index contributed by atoms with van der Waals surface area (Å²) in [5.74, 6) is 0.0693. The van der Waals surface area contributed by atoms with Gasteiger partial charge in [-0.3, -0.25) is 9.59 Å². The number of nitrogens with zero attached hydrogens (tertiary/aromatic N) is 1. The molecule has 138 valence electrons. The Labute approximate surface area is 149 Å². The highest BCUT2D eigenvalue weighted by Gasteiger charge is 2.25. The molecule has 0 spiro atoms. The Bertz CT molecular complexity index is 579. The van der Waals surface area contributed by atoms with Gasteiger partial charge in [-0.2, -0.15) is 0 Å². The number of benzene rings is 1. The van der Waals surface area contributed by atoms with Gasteiger partial charge in [0.25, 0.3) is 0 Å². The lowest BCUT2D eigenvalue weighted by Gasteiger charge is -2.33. The van der Waals surface area contributed by atoms with Gasteiger partial charge in [0.1, 0.15) is 5.82 Å². The average molecular weight is 348 g/mol. The van der Waals surface area contributed by atoms with Crippen LogP contribution in [0, 0.1) is 11.7 Å². The lowest BCUT2D eigenvalue weighted by Crippen LogP contribution is -2.47. The zero-order chi connectivity index (χ0) is 18.2. The zero-order valence-electron chi connectivity index (χ0n) is 15.3. The van der Waals surface area contributed by atoms with Gasteiger partial charge in [-0.15, -0.1) is 0 Å². The van der Waals surface area contributed by atoms with Crippen LogP contribution >= 0.6 is 0 Å². The lowest BCUT2D eigenvalue weighted by atomic mass is 9.99. The molecule has 1 aromatic carbocycles. The molecule has 1 aromatic rings.